The molecule has 1 fully saturated rings. The summed E-state index contributed by atoms with van der Waals surface area (Å²) >= 11 is 11.9. The third kappa shape index (κ3) is 8.24. The van der Waals surface area contributed by atoms with Crippen LogP contribution in [0.4, 0.5) is 0 Å². The van der Waals surface area contributed by atoms with Gasteiger partial charge in [-0.05, 0) is 68.1 Å². The van der Waals surface area contributed by atoms with Gasteiger partial charge in [-0.25, -0.2) is 0 Å². The number of benzene rings is 2. The lowest BCUT2D eigenvalue weighted by Gasteiger charge is -2.31. The zero-order valence-electron chi connectivity index (χ0n) is 19.1. The normalized spacial score (nSPS) is 15.0. The van der Waals surface area contributed by atoms with E-state index < -0.39 is 6.04 Å². The van der Waals surface area contributed by atoms with E-state index in [2.05, 4.69) is 5.32 Å². The maximum absolute atomic E-state index is 13.2. The van der Waals surface area contributed by atoms with Gasteiger partial charge in [0.1, 0.15) is 11.8 Å². The average molecular weight is 491 g/mol. The van der Waals surface area contributed by atoms with E-state index in [1.807, 2.05) is 12.1 Å². The molecule has 0 saturated heterocycles. The molecule has 1 atom stereocenters. The minimum Gasteiger partial charge on any atom is -0.494 e. The number of nitrogens with one attached hydrogen (secondary N) is 1. The van der Waals surface area contributed by atoms with Gasteiger partial charge in [0, 0.05) is 29.1 Å². The standard InChI is InChI=1S/C26H32Cl2N2O3/c1-19(26(32)29-23-6-3-2-4-7-23)30(18-20-9-11-21(27)12-10-20)25(31)8-5-17-33-24-15-13-22(28)14-16-24/h9-16,19,23H,2-8,17-18H2,1H3,(H,29,32)/t19-/m0/s1. The maximum atomic E-state index is 13.2. The van der Waals surface area contributed by atoms with Crippen molar-refractivity contribution in [3.63, 3.8) is 0 Å². The van der Waals surface area contributed by atoms with Gasteiger partial charge in [-0.15, -0.1) is 0 Å². The van der Waals surface area contributed by atoms with Crippen molar-refractivity contribution >= 4 is 35.0 Å². The molecule has 3 rings (SSSR count). The fraction of sp³-hybridized carbons (Fsp3) is 0.462. The topological polar surface area (TPSA) is 58.6 Å². The molecule has 5 nitrogen and oxygen atoms in total. The number of carbonyl (C=O) groups is 2. The number of amides is 2. The Morgan fingerprint density at radius 2 is 1.61 bits per heavy atom. The third-order valence-electron chi connectivity index (χ3n) is 6.00. The summed E-state index contributed by atoms with van der Waals surface area (Å²) in [6, 6.07) is 14.1. The molecule has 0 aromatic heterocycles. The first-order valence-corrected chi connectivity index (χ1v) is 12.4. The van der Waals surface area contributed by atoms with E-state index in [9.17, 15) is 9.59 Å². The summed E-state index contributed by atoms with van der Waals surface area (Å²) in [6.45, 7) is 2.56. The molecule has 1 aliphatic rings. The van der Waals surface area contributed by atoms with Crippen LogP contribution in [-0.2, 0) is 16.1 Å². The van der Waals surface area contributed by atoms with Crippen LogP contribution in [0.15, 0.2) is 48.5 Å². The monoisotopic (exact) mass is 490 g/mol. The Hall–Kier alpha value is -2.24. The molecule has 1 aliphatic carbocycles. The van der Waals surface area contributed by atoms with E-state index in [0.717, 1.165) is 31.2 Å². The highest BCUT2D eigenvalue weighted by molar-refractivity contribution is 6.30. The highest BCUT2D eigenvalue weighted by Crippen LogP contribution is 2.20. The molecule has 7 heteroatoms. The quantitative estimate of drug-likeness (QED) is 0.414. The fourth-order valence-corrected chi connectivity index (χ4v) is 4.28. The summed E-state index contributed by atoms with van der Waals surface area (Å²) in [4.78, 5) is 27.8. The Balaban J connectivity index is 1.59. The van der Waals surface area contributed by atoms with Crippen LogP contribution in [0, 0.1) is 0 Å². The molecule has 178 valence electrons. The molecule has 0 spiro atoms. The van der Waals surface area contributed by atoms with Crippen molar-refractivity contribution in [1.29, 1.82) is 0 Å². The van der Waals surface area contributed by atoms with Crippen LogP contribution in [0.2, 0.25) is 10.0 Å². The number of hydrogen-bond donors (Lipinski definition) is 1. The lowest BCUT2D eigenvalue weighted by atomic mass is 9.95. The first kappa shape index (κ1) is 25.4. The maximum Gasteiger partial charge on any atom is 0.242 e. The van der Waals surface area contributed by atoms with Crippen LogP contribution < -0.4 is 10.1 Å². The van der Waals surface area contributed by atoms with Crippen molar-refractivity contribution in [1.82, 2.24) is 10.2 Å². The molecule has 1 N–H and O–H groups in total. The van der Waals surface area contributed by atoms with Gasteiger partial charge < -0.3 is 15.0 Å². The fourth-order valence-electron chi connectivity index (χ4n) is 4.03. The zero-order valence-corrected chi connectivity index (χ0v) is 20.6. The summed E-state index contributed by atoms with van der Waals surface area (Å²) in [5.74, 6) is 0.544. The first-order valence-electron chi connectivity index (χ1n) is 11.6. The number of carbonyl (C=O) groups excluding carboxylic acids is 2. The van der Waals surface area contributed by atoms with Gasteiger partial charge in [-0.3, -0.25) is 9.59 Å². The molecule has 2 aromatic rings. The van der Waals surface area contributed by atoms with Crippen LogP contribution in [0.25, 0.3) is 0 Å². The average Bonchev–Trinajstić information content (AvgIpc) is 2.82. The second-order valence-corrected chi connectivity index (χ2v) is 9.45. The van der Waals surface area contributed by atoms with Crippen molar-refractivity contribution in [3.8, 4) is 5.75 Å². The second-order valence-electron chi connectivity index (χ2n) is 8.57. The predicted octanol–water partition coefficient (Wildman–Crippen LogP) is 6.02. The van der Waals surface area contributed by atoms with Gasteiger partial charge in [-0.2, -0.15) is 0 Å². The van der Waals surface area contributed by atoms with E-state index in [0.29, 0.717) is 41.8 Å². The molecule has 0 unspecified atom stereocenters. The van der Waals surface area contributed by atoms with Gasteiger partial charge >= 0.3 is 0 Å². The minimum absolute atomic E-state index is 0.0732. The van der Waals surface area contributed by atoms with E-state index >= 15 is 0 Å². The number of hydrogen-bond acceptors (Lipinski definition) is 3. The van der Waals surface area contributed by atoms with Crippen molar-refractivity contribution in [2.75, 3.05) is 6.61 Å². The molecule has 0 bridgehead atoms. The number of rotatable bonds is 10. The van der Waals surface area contributed by atoms with E-state index in [-0.39, 0.29) is 17.9 Å². The smallest absolute Gasteiger partial charge is 0.242 e. The third-order valence-corrected chi connectivity index (χ3v) is 6.51. The zero-order chi connectivity index (χ0) is 23.6. The van der Waals surface area contributed by atoms with E-state index in [1.165, 1.54) is 6.42 Å². The van der Waals surface area contributed by atoms with Gasteiger partial charge in [0.25, 0.3) is 0 Å². The number of nitrogens with zero attached hydrogens (tertiary/aromatic N) is 1. The summed E-state index contributed by atoms with van der Waals surface area (Å²) in [5, 5.41) is 4.44. The number of ether oxygens (including phenoxy) is 1. The highest BCUT2D eigenvalue weighted by Gasteiger charge is 2.27. The van der Waals surface area contributed by atoms with Gasteiger partial charge in [0.05, 0.1) is 6.61 Å². The Morgan fingerprint density at radius 3 is 2.24 bits per heavy atom. The molecule has 0 heterocycles. The van der Waals surface area contributed by atoms with Crippen molar-refractivity contribution in [2.24, 2.45) is 0 Å². The molecular formula is C26H32Cl2N2O3. The Kier molecular flexibility index (Phi) is 9.89. The van der Waals surface area contributed by atoms with Crippen molar-refractivity contribution < 1.29 is 14.3 Å². The Labute approximate surface area is 206 Å². The molecule has 0 aliphatic heterocycles. The van der Waals surface area contributed by atoms with Crippen LogP contribution in [-0.4, -0.2) is 35.4 Å². The Morgan fingerprint density at radius 1 is 1.00 bits per heavy atom. The molecule has 0 radical (unpaired) electrons. The molecule has 2 amide bonds. The minimum atomic E-state index is -0.563. The predicted molar refractivity (Wildman–Crippen MR) is 133 cm³/mol. The number of halogens is 2. The van der Waals surface area contributed by atoms with E-state index in [4.69, 9.17) is 27.9 Å². The van der Waals surface area contributed by atoms with Crippen LogP contribution in [0.5, 0.6) is 5.75 Å². The van der Waals surface area contributed by atoms with E-state index in [1.54, 1.807) is 48.2 Å². The van der Waals surface area contributed by atoms with Crippen molar-refractivity contribution in [3.05, 3.63) is 64.1 Å². The summed E-state index contributed by atoms with van der Waals surface area (Å²) in [6.07, 6.45) is 6.36. The second kappa shape index (κ2) is 12.9. The highest BCUT2D eigenvalue weighted by atomic mass is 35.5. The molecule has 33 heavy (non-hydrogen) atoms. The van der Waals surface area contributed by atoms with Crippen LogP contribution in [0.3, 0.4) is 0 Å². The van der Waals surface area contributed by atoms with Crippen LogP contribution in [0.1, 0.15) is 57.4 Å². The summed E-state index contributed by atoms with van der Waals surface area (Å²) < 4.78 is 5.71. The summed E-state index contributed by atoms with van der Waals surface area (Å²) in [7, 11) is 0. The largest absolute Gasteiger partial charge is 0.494 e. The summed E-state index contributed by atoms with van der Waals surface area (Å²) in [5.41, 5.74) is 0.933. The van der Waals surface area contributed by atoms with Gasteiger partial charge in [0.2, 0.25) is 11.8 Å². The Bertz CT molecular complexity index is 897. The lowest BCUT2D eigenvalue weighted by Crippen LogP contribution is -2.50. The first-order chi connectivity index (χ1) is 15.9. The SMILES string of the molecule is C[C@@H](C(=O)NC1CCCCC1)N(Cc1ccc(Cl)cc1)C(=O)CCCOc1ccc(Cl)cc1. The van der Waals surface area contributed by atoms with Gasteiger partial charge in [0.15, 0.2) is 0 Å². The van der Waals surface area contributed by atoms with Crippen molar-refractivity contribution in [2.45, 2.75) is 70.5 Å². The molecule has 2 aromatic carbocycles. The van der Waals surface area contributed by atoms with Crippen LogP contribution >= 0.6 is 23.2 Å². The lowest BCUT2D eigenvalue weighted by molar-refractivity contribution is -0.141. The molecular weight excluding hydrogens is 459 g/mol. The van der Waals surface area contributed by atoms with Gasteiger partial charge in [-0.1, -0.05) is 54.6 Å². The molecule has 1 saturated carbocycles.